The Morgan fingerprint density at radius 1 is 1.11 bits per heavy atom. The predicted molar refractivity (Wildman–Crippen MR) is 137 cm³/mol. The summed E-state index contributed by atoms with van der Waals surface area (Å²) in [5.74, 6) is -2.05. The first kappa shape index (κ1) is 25.9. The monoisotopic (exact) mass is 482 g/mol. The van der Waals surface area contributed by atoms with Gasteiger partial charge in [-0.1, -0.05) is 56.3 Å². The largest absolute Gasteiger partial charge is 0.384 e. The number of nitrogens with one attached hydrogen (secondary N) is 1. The fourth-order valence-corrected chi connectivity index (χ4v) is 3.73. The lowest BCUT2D eigenvalue weighted by Crippen LogP contribution is -2.44. The Kier molecular flexibility index (Phi) is 7.89. The number of aliphatic imine (C=N–C) groups is 1. The number of alkyl halides is 2. The molecule has 0 spiro atoms. The molecule has 0 aliphatic heterocycles. The van der Waals surface area contributed by atoms with Gasteiger partial charge in [-0.25, -0.2) is 13.6 Å². The first-order valence-corrected chi connectivity index (χ1v) is 11.4. The van der Waals surface area contributed by atoms with E-state index in [-0.39, 0.29) is 29.5 Å². The number of aromatic nitrogens is 2. The normalized spacial score (nSPS) is 12.9. The van der Waals surface area contributed by atoms with Crippen LogP contribution in [0.1, 0.15) is 37.5 Å². The van der Waals surface area contributed by atoms with Gasteiger partial charge in [-0.05, 0) is 23.6 Å². The highest BCUT2D eigenvalue weighted by molar-refractivity contribution is 6.10. The number of rotatable bonds is 7. The van der Waals surface area contributed by atoms with E-state index in [2.05, 4.69) is 10.3 Å². The Balaban J connectivity index is 2.16. The molecule has 1 heterocycles. The van der Waals surface area contributed by atoms with E-state index in [0.717, 1.165) is 18.2 Å². The van der Waals surface area contributed by atoms with Gasteiger partial charge in [0.25, 0.3) is 5.92 Å². The minimum Gasteiger partial charge on any atom is -0.384 e. The molecule has 0 radical (unpaired) electrons. The topological polar surface area (TPSA) is 89.7 Å². The Morgan fingerprint density at radius 2 is 1.74 bits per heavy atom. The average molecular weight is 483 g/mol. The maximum atomic E-state index is 13.6. The van der Waals surface area contributed by atoms with E-state index >= 15 is 0 Å². The number of amidine groups is 1. The third kappa shape index (κ3) is 6.03. The maximum absolute atomic E-state index is 13.6. The second-order valence-corrected chi connectivity index (χ2v) is 8.89. The van der Waals surface area contributed by atoms with Crippen molar-refractivity contribution in [2.75, 3.05) is 18.1 Å². The molecule has 7 nitrogen and oxygen atoms in total. The molecule has 0 unspecified atom stereocenters. The molecule has 35 heavy (non-hydrogen) atoms. The number of hydrogen-bond donors (Lipinski definition) is 2. The number of anilines is 2. The molecule has 0 saturated heterocycles. The molecule has 3 aromatic rings. The van der Waals surface area contributed by atoms with Crippen molar-refractivity contribution in [1.29, 1.82) is 0 Å². The van der Waals surface area contributed by atoms with Crippen LogP contribution >= 0.6 is 0 Å². The standard InChI is InChI=1S/C26H32F2N6O/c1-17(2)16-34-22(29)21(24(30-4)33(5)25(34)35)23(32-20-9-7-6-8-10-20)31-15-18-11-13-19(14-12-18)26(3,27)28/h6-14,17H,15-16,29H2,1-5H3,(H,31,32). The van der Waals surface area contributed by atoms with Crippen LogP contribution in [0.5, 0.6) is 0 Å². The predicted octanol–water partition coefficient (Wildman–Crippen LogP) is 4.13. The SMILES string of the molecule is CN=c1c(C(=NCc2ccc(C(C)(F)F)cc2)Nc2ccccc2)c(N)n(CC(C)C)c(=O)n1C. The number of halogens is 2. The molecular formula is C26H32F2N6O. The lowest BCUT2D eigenvalue weighted by Gasteiger charge is -2.20. The van der Waals surface area contributed by atoms with Crippen LogP contribution in [0.2, 0.25) is 0 Å². The zero-order valence-corrected chi connectivity index (χ0v) is 20.7. The Bertz CT molecular complexity index is 1320. The molecule has 0 aliphatic carbocycles. The zero-order chi connectivity index (χ0) is 25.8. The van der Waals surface area contributed by atoms with Crippen LogP contribution in [0.4, 0.5) is 20.3 Å². The molecule has 0 fully saturated rings. The molecule has 2 aromatic carbocycles. The van der Waals surface area contributed by atoms with Gasteiger partial charge in [0.15, 0.2) is 0 Å². The van der Waals surface area contributed by atoms with Gasteiger partial charge in [0.05, 0.1) is 12.1 Å². The van der Waals surface area contributed by atoms with E-state index in [9.17, 15) is 13.6 Å². The highest BCUT2D eigenvalue weighted by atomic mass is 19.3. The highest BCUT2D eigenvalue weighted by Crippen LogP contribution is 2.27. The van der Waals surface area contributed by atoms with Crippen LogP contribution in [0.25, 0.3) is 0 Å². The number of para-hydroxylation sites is 1. The second kappa shape index (κ2) is 10.7. The van der Waals surface area contributed by atoms with Crippen LogP contribution in [0, 0.1) is 5.92 Å². The third-order valence-corrected chi connectivity index (χ3v) is 5.52. The number of nitrogens with two attached hydrogens (primary N) is 1. The van der Waals surface area contributed by atoms with Crippen LogP contribution in [0.3, 0.4) is 0 Å². The molecule has 0 saturated carbocycles. The van der Waals surface area contributed by atoms with Gasteiger partial charge in [0.1, 0.15) is 17.1 Å². The number of nitrogens with zero attached hydrogens (tertiary/aromatic N) is 4. The van der Waals surface area contributed by atoms with E-state index in [0.29, 0.717) is 23.4 Å². The summed E-state index contributed by atoms with van der Waals surface area (Å²) in [7, 11) is 3.24. The first-order valence-electron chi connectivity index (χ1n) is 11.4. The van der Waals surface area contributed by atoms with E-state index in [1.165, 1.54) is 21.3 Å². The summed E-state index contributed by atoms with van der Waals surface area (Å²) in [6.07, 6.45) is 0. The van der Waals surface area contributed by atoms with Crippen LogP contribution in [0.15, 0.2) is 69.4 Å². The summed E-state index contributed by atoms with van der Waals surface area (Å²) >= 11 is 0. The molecule has 186 valence electrons. The molecule has 0 amide bonds. The number of hydrogen-bond acceptors (Lipinski definition) is 4. The smallest absolute Gasteiger partial charge is 0.331 e. The minimum atomic E-state index is -2.91. The van der Waals surface area contributed by atoms with E-state index in [1.54, 1.807) is 26.2 Å². The Labute approximate surface area is 203 Å². The number of benzene rings is 2. The first-order chi connectivity index (χ1) is 16.5. The van der Waals surface area contributed by atoms with Gasteiger partial charge in [-0.3, -0.25) is 19.1 Å². The average Bonchev–Trinajstić information content (AvgIpc) is 2.82. The van der Waals surface area contributed by atoms with Crippen molar-refractivity contribution < 1.29 is 8.78 Å². The molecule has 3 N–H and O–H groups in total. The van der Waals surface area contributed by atoms with Crippen LogP contribution in [-0.4, -0.2) is 22.0 Å². The molecule has 9 heteroatoms. The van der Waals surface area contributed by atoms with E-state index < -0.39 is 5.92 Å². The van der Waals surface area contributed by atoms with E-state index in [4.69, 9.17) is 10.7 Å². The van der Waals surface area contributed by atoms with Crippen molar-refractivity contribution in [2.45, 2.75) is 39.8 Å². The molecule has 0 atom stereocenters. The summed E-state index contributed by atoms with van der Waals surface area (Å²) in [6.45, 7) is 5.52. The summed E-state index contributed by atoms with van der Waals surface area (Å²) in [4.78, 5) is 22.1. The van der Waals surface area contributed by atoms with Crippen molar-refractivity contribution in [3.8, 4) is 0 Å². The minimum absolute atomic E-state index is 0.0584. The fraction of sp³-hybridized carbons (Fsp3) is 0.346. The van der Waals surface area contributed by atoms with Crippen LogP contribution in [-0.2, 0) is 26.1 Å². The fourth-order valence-electron chi connectivity index (χ4n) is 3.73. The van der Waals surface area contributed by atoms with Gasteiger partial charge >= 0.3 is 5.69 Å². The zero-order valence-electron chi connectivity index (χ0n) is 20.7. The summed E-state index contributed by atoms with van der Waals surface area (Å²) in [6, 6.07) is 15.5. The quantitative estimate of drug-likeness (QED) is 0.392. The van der Waals surface area contributed by atoms with Gasteiger partial charge in [-0.2, -0.15) is 0 Å². The van der Waals surface area contributed by atoms with Crippen LogP contribution < -0.4 is 22.2 Å². The van der Waals surface area contributed by atoms with E-state index in [1.807, 2.05) is 44.2 Å². The Hall–Kier alpha value is -3.75. The van der Waals surface area contributed by atoms with Gasteiger partial charge < -0.3 is 11.1 Å². The van der Waals surface area contributed by atoms with Crippen molar-refractivity contribution in [3.63, 3.8) is 0 Å². The maximum Gasteiger partial charge on any atom is 0.331 e. The van der Waals surface area contributed by atoms with Crippen molar-refractivity contribution in [3.05, 3.63) is 87.3 Å². The lowest BCUT2D eigenvalue weighted by atomic mass is 10.1. The molecule has 0 aliphatic rings. The van der Waals surface area contributed by atoms with Gasteiger partial charge in [0, 0.05) is 38.8 Å². The Morgan fingerprint density at radius 3 is 2.29 bits per heavy atom. The summed E-state index contributed by atoms with van der Waals surface area (Å²) < 4.78 is 30.2. The molecule has 1 aromatic heterocycles. The molecule has 3 rings (SSSR count). The van der Waals surface area contributed by atoms with Crippen molar-refractivity contribution in [2.24, 2.45) is 23.0 Å². The lowest BCUT2D eigenvalue weighted by molar-refractivity contribution is 0.0174. The second-order valence-electron chi connectivity index (χ2n) is 8.89. The highest BCUT2D eigenvalue weighted by Gasteiger charge is 2.24. The molecular weight excluding hydrogens is 450 g/mol. The van der Waals surface area contributed by atoms with Crippen molar-refractivity contribution in [1.82, 2.24) is 9.13 Å². The molecule has 0 bridgehead atoms. The van der Waals surface area contributed by atoms with Crippen molar-refractivity contribution >= 4 is 17.3 Å². The summed E-state index contributed by atoms with van der Waals surface area (Å²) in [5, 5.41) is 3.31. The summed E-state index contributed by atoms with van der Waals surface area (Å²) in [5.41, 5.74) is 8.63. The van der Waals surface area contributed by atoms with Gasteiger partial charge in [0.2, 0.25) is 0 Å². The van der Waals surface area contributed by atoms with Gasteiger partial charge in [-0.15, -0.1) is 0 Å². The third-order valence-electron chi connectivity index (χ3n) is 5.52. The number of nitrogen functional groups attached to an aromatic ring is 1.